The molecule has 7 heteroatoms. The van der Waals surface area contributed by atoms with Gasteiger partial charge >= 0.3 is 0 Å². The molecule has 0 aliphatic carbocycles. The Balaban J connectivity index is 0.00000144. The van der Waals surface area contributed by atoms with E-state index in [-0.39, 0.29) is 29.8 Å². The number of hydrogen-bond acceptors (Lipinski definition) is 3. The molecule has 0 radical (unpaired) electrons. The van der Waals surface area contributed by atoms with E-state index in [0.29, 0.717) is 12.6 Å². The minimum absolute atomic E-state index is 0. The fourth-order valence-corrected chi connectivity index (χ4v) is 2.89. The highest BCUT2D eigenvalue weighted by molar-refractivity contribution is 6.31. The number of likely N-dealkylation sites (tertiary alicyclic amines) is 1. The van der Waals surface area contributed by atoms with Crippen LogP contribution in [0.15, 0.2) is 36.7 Å². The number of pyridine rings is 1. The number of rotatable bonds is 4. The Labute approximate surface area is 159 Å². The van der Waals surface area contributed by atoms with Gasteiger partial charge in [-0.25, -0.2) is 4.39 Å². The minimum Gasteiger partial charge on any atom is -0.490 e. The molecule has 1 aliphatic rings. The van der Waals surface area contributed by atoms with Crippen LogP contribution in [-0.2, 0) is 0 Å². The first-order valence-electron chi connectivity index (χ1n) is 7.37. The van der Waals surface area contributed by atoms with Crippen LogP contribution in [0.25, 0.3) is 11.1 Å². The molecule has 0 unspecified atom stereocenters. The van der Waals surface area contributed by atoms with Crippen molar-refractivity contribution in [3.8, 4) is 16.9 Å². The van der Waals surface area contributed by atoms with E-state index < -0.39 is 5.82 Å². The Kier molecular flexibility index (Phi) is 8.23. The lowest BCUT2D eigenvalue weighted by molar-refractivity contribution is 0.198. The van der Waals surface area contributed by atoms with Crippen LogP contribution < -0.4 is 4.74 Å². The summed E-state index contributed by atoms with van der Waals surface area (Å²) in [6.07, 6.45) is 5.80. The van der Waals surface area contributed by atoms with Crippen molar-refractivity contribution < 1.29 is 9.13 Å². The van der Waals surface area contributed by atoms with Gasteiger partial charge in [-0.3, -0.25) is 4.98 Å². The average Bonchev–Trinajstić information content (AvgIpc) is 2.93. The SMILES string of the molecule is CN1CCC[C@H]1COc1cncc(-c2ccc(F)c(Cl)c2)c1.Cl.Cl. The highest BCUT2D eigenvalue weighted by atomic mass is 35.5. The molecular weight excluding hydrogens is 374 g/mol. The molecule has 1 atom stereocenters. The fraction of sp³-hybridized carbons (Fsp3) is 0.353. The van der Waals surface area contributed by atoms with E-state index in [0.717, 1.165) is 29.8 Å². The Hall–Kier alpha value is -1.07. The van der Waals surface area contributed by atoms with Crippen LogP contribution in [0.5, 0.6) is 5.75 Å². The number of aromatic nitrogens is 1. The van der Waals surface area contributed by atoms with Crippen molar-refractivity contribution in [3.05, 3.63) is 47.5 Å². The third kappa shape index (κ3) is 4.96. The van der Waals surface area contributed by atoms with Crippen LogP contribution >= 0.6 is 36.4 Å². The van der Waals surface area contributed by atoms with Gasteiger partial charge in [-0.1, -0.05) is 17.7 Å². The molecule has 24 heavy (non-hydrogen) atoms. The second-order valence-electron chi connectivity index (χ2n) is 5.63. The van der Waals surface area contributed by atoms with E-state index in [4.69, 9.17) is 16.3 Å². The van der Waals surface area contributed by atoms with Gasteiger partial charge in [0.05, 0.1) is 11.2 Å². The number of halogens is 4. The second kappa shape index (κ2) is 9.42. The van der Waals surface area contributed by atoms with Gasteiger partial charge in [0.1, 0.15) is 18.2 Å². The summed E-state index contributed by atoms with van der Waals surface area (Å²) in [5, 5.41) is 0.108. The third-order valence-electron chi connectivity index (χ3n) is 4.08. The van der Waals surface area contributed by atoms with Crippen molar-refractivity contribution in [1.29, 1.82) is 0 Å². The van der Waals surface area contributed by atoms with E-state index in [9.17, 15) is 4.39 Å². The molecule has 1 fully saturated rings. The number of nitrogens with zero attached hydrogens (tertiary/aromatic N) is 2. The zero-order valence-corrected chi connectivity index (χ0v) is 15.6. The maximum Gasteiger partial charge on any atom is 0.141 e. The van der Waals surface area contributed by atoms with Gasteiger partial charge in [-0.2, -0.15) is 0 Å². The fourth-order valence-electron chi connectivity index (χ4n) is 2.71. The summed E-state index contributed by atoms with van der Waals surface area (Å²) in [7, 11) is 2.12. The van der Waals surface area contributed by atoms with Gasteiger partial charge in [-0.15, -0.1) is 24.8 Å². The molecule has 0 N–H and O–H groups in total. The number of benzene rings is 1. The van der Waals surface area contributed by atoms with E-state index in [1.54, 1.807) is 24.5 Å². The van der Waals surface area contributed by atoms with E-state index in [1.165, 1.54) is 12.5 Å². The summed E-state index contributed by atoms with van der Waals surface area (Å²) in [6.45, 7) is 1.78. The monoisotopic (exact) mass is 392 g/mol. The van der Waals surface area contributed by atoms with Gasteiger partial charge in [0.2, 0.25) is 0 Å². The van der Waals surface area contributed by atoms with Crippen LogP contribution in [-0.4, -0.2) is 36.1 Å². The predicted octanol–water partition coefficient (Wildman–Crippen LogP) is 4.86. The molecule has 1 aromatic heterocycles. The normalized spacial score (nSPS) is 17.0. The maximum absolute atomic E-state index is 13.2. The molecule has 1 aliphatic heterocycles. The van der Waals surface area contributed by atoms with Crippen molar-refractivity contribution in [2.75, 3.05) is 20.2 Å². The average molecular weight is 394 g/mol. The predicted molar refractivity (Wildman–Crippen MR) is 100 cm³/mol. The summed E-state index contributed by atoms with van der Waals surface area (Å²) in [5.74, 6) is 0.299. The van der Waals surface area contributed by atoms with Gasteiger partial charge in [0, 0.05) is 17.8 Å². The largest absolute Gasteiger partial charge is 0.490 e. The molecular formula is C17H20Cl3FN2O. The van der Waals surface area contributed by atoms with Crippen molar-refractivity contribution in [2.45, 2.75) is 18.9 Å². The quantitative estimate of drug-likeness (QED) is 0.742. The highest BCUT2D eigenvalue weighted by Gasteiger charge is 2.21. The Bertz CT molecular complexity index is 672. The summed E-state index contributed by atoms with van der Waals surface area (Å²) in [4.78, 5) is 6.52. The lowest BCUT2D eigenvalue weighted by atomic mass is 10.1. The zero-order valence-electron chi connectivity index (χ0n) is 13.2. The van der Waals surface area contributed by atoms with Crippen molar-refractivity contribution in [2.24, 2.45) is 0 Å². The first-order chi connectivity index (χ1) is 10.6. The van der Waals surface area contributed by atoms with Crippen LogP contribution in [0, 0.1) is 5.82 Å². The topological polar surface area (TPSA) is 25.4 Å². The highest BCUT2D eigenvalue weighted by Crippen LogP contribution is 2.27. The third-order valence-corrected chi connectivity index (χ3v) is 4.37. The molecule has 3 nitrogen and oxygen atoms in total. The lowest BCUT2D eigenvalue weighted by Gasteiger charge is -2.19. The summed E-state index contributed by atoms with van der Waals surface area (Å²) < 4.78 is 19.1. The molecule has 0 amide bonds. The van der Waals surface area contributed by atoms with Crippen molar-refractivity contribution in [1.82, 2.24) is 9.88 Å². The van der Waals surface area contributed by atoms with Gasteiger partial charge in [0.15, 0.2) is 0 Å². The molecule has 0 bridgehead atoms. The first kappa shape index (κ1) is 21.0. The number of likely N-dealkylation sites (N-methyl/N-ethyl adjacent to an activating group) is 1. The Morgan fingerprint density at radius 3 is 2.71 bits per heavy atom. The number of ether oxygens (including phenoxy) is 1. The van der Waals surface area contributed by atoms with Crippen LogP contribution in [0.4, 0.5) is 4.39 Å². The van der Waals surface area contributed by atoms with Gasteiger partial charge < -0.3 is 9.64 Å². The Morgan fingerprint density at radius 2 is 2.04 bits per heavy atom. The van der Waals surface area contributed by atoms with E-state index in [1.807, 2.05) is 6.07 Å². The molecule has 1 saturated heterocycles. The summed E-state index contributed by atoms with van der Waals surface area (Å²) >= 11 is 5.83. The van der Waals surface area contributed by atoms with Gasteiger partial charge in [0.25, 0.3) is 0 Å². The minimum atomic E-state index is -0.421. The van der Waals surface area contributed by atoms with Gasteiger partial charge in [-0.05, 0) is 50.2 Å². The van der Waals surface area contributed by atoms with E-state index >= 15 is 0 Å². The van der Waals surface area contributed by atoms with Crippen LogP contribution in [0.3, 0.4) is 0 Å². The molecule has 2 aromatic rings. The molecule has 0 saturated carbocycles. The molecule has 1 aromatic carbocycles. The Morgan fingerprint density at radius 1 is 1.25 bits per heavy atom. The van der Waals surface area contributed by atoms with Crippen LogP contribution in [0.1, 0.15) is 12.8 Å². The second-order valence-corrected chi connectivity index (χ2v) is 6.03. The zero-order chi connectivity index (χ0) is 15.5. The van der Waals surface area contributed by atoms with Crippen LogP contribution in [0.2, 0.25) is 5.02 Å². The molecule has 0 spiro atoms. The molecule has 132 valence electrons. The van der Waals surface area contributed by atoms with E-state index in [2.05, 4.69) is 16.9 Å². The standard InChI is InChI=1S/C17H18ClFN2O.2ClH/c1-21-6-2-3-14(21)11-22-15-7-13(9-20-10-15)12-4-5-17(19)16(18)8-12;;/h4-5,7-10,14H,2-3,6,11H2,1H3;2*1H/t14-;;/m0../s1. The summed E-state index contributed by atoms with van der Waals surface area (Å²) in [6, 6.07) is 7.02. The van der Waals surface area contributed by atoms with Crippen molar-refractivity contribution >= 4 is 36.4 Å². The molecule has 3 rings (SSSR count). The maximum atomic E-state index is 13.2. The smallest absolute Gasteiger partial charge is 0.141 e. The lowest BCUT2D eigenvalue weighted by Crippen LogP contribution is -2.30. The van der Waals surface area contributed by atoms with Crippen molar-refractivity contribution in [3.63, 3.8) is 0 Å². The molecule has 2 heterocycles. The number of hydrogen-bond donors (Lipinski definition) is 0. The first-order valence-corrected chi connectivity index (χ1v) is 7.75. The summed E-state index contributed by atoms with van der Waals surface area (Å²) in [5.41, 5.74) is 1.68.